The lowest BCUT2D eigenvalue weighted by atomic mass is 10.1. The van der Waals surface area contributed by atoms with Gasteiger partial charge < -0.3 is 14.8 Å². The van der Waals surface area contributed by atoms with Gasteiger partial charge in [0.2, 0.25) is 5.09 Å². The number of sulfonamides is 1. The number of hydrogen-bond acceptors (Lipinski definition) is 5. The summed E-state index contributed by atoms with van der Waals surface area (Å²) in [5, 5.41) is 12.2. The Bertz CT molecular complexity index is 496. The smallest absolute Gasteiger partial charge is 0.274 e. The van der Waals surface area contributed by atoms with Gasteiger partial charge in [-0.15, -0.1) is 0 Å². The third-order valence-corrected chi connectivity index (χ3v) is 4.30. The lowest BCUT2D eigenvalue weighted by molar-refractivity contribution is 0.227. The van der Waals surface area contributed by atoms with Gasteiger partial charge in [0.15, 0.2) is 0 Å². The fourth-order valence-corrected chi connectivity index (χ4v) is 2.95. The van der Waals surface area contributed by atoms with Crippen LogP contribution < -0.4 is 10.0 Å². The van der Waals surface area contributed by atoms with Gasteiger partial charge in [-0.1, -0.05) is 20.8 Å². The molecule has 7 heteroatoms. The first-order chi connectivity index (χ1) is 9.40. The molecule has 1 rings (SSSR count). The highest BCUT2D eigenvalue weighted by atomic mass is 32.2. The molecule has 20 heavy (non-hydrogen) atoms. The van der Waals surface area contributed by atoms with Crippen LogP contribution in [0.25, 0.3) is 0 Å². The number of furan rings is 1. The lowest BCUT2D eigenvalue weighted by Gasteiger charge is -2.18. The van der Waals surface area contributed by atoms with Crippen molar-refractivity contribution < 1.29 is 17.9 Å². The molecular weight excluding hydrogens is 280 g/mol. The molecule has 3 N–H and O–H groups in total. The molecular formula is C13H24N2O4S. The maximum atomic E-state index is 12.1. The molecule has 1 aromatic rings. The first-order valence-electron chi connectivity index (χ1n) is 6.83. The predicted octanol–water partition coefficient (Wildman–Crippen LogP) is 1.07. The van der Waals surface area contributed by atoms with Gasteiger partial charge >= 0.3 is 0 Å². The van der Waals surface area contributed by atoms with Crippen LogP contribution in [0, 0.1) is 5.92 Å². The number of aliphatic hydroxyl groups excluding tert-OH is 1. The fourth-order valence-electron chi connectivity index (χ4n) is 1.63. The second kappa shape index (κ2) is 7.78. The van der Waals surface area contributed by atoms with E-state index in [1.807, 2.05) is 13.8 Å². The van der Waals surface area contributed by atoms with Crippen molar-refractivity contribution in [3.63, 3.8) is 0 Å². The van der Waals surface area contributed by atoms with Gasteiger partial charge in [0.25, 0.3) is 10.0 Å². The van der Waals surface area contributed by atoms with Crippen LogP contribution in [0.15, 0.2) is 21.6 Å². The van der Waals surface area contributed by atoms with Crippen molar-refractivity contribution in [1.82, 2.24) is 10.0 Å². The average Bonchev–Trinajstić information content (AvgIpc) is 2.85. The van der Waals surface area contributed by atoms with E-state index in [-0.39, 0.29) is 17.6 Å². The van der Waals surface area contributed by atoms with E-state index in [4.69, 9.17) is 4.42 Å². The van der Waals surface area contributed by atoms with Crippen LogP contribution in [0.2, 0.25) is 0 Å². The number of aliphatic hydroxyl groups is 1. The predicted molar refractivity (Wildman–Crippen MR) is 76.7 cm³/mol. The minimum atomic E-state index is -3.73. The topological polar surface area (TPSA) is 91.6 Å². The molecule has 0 bridgehead atoms. The van der Waals surface area contributed by atoms with E-state index in [0.717, 1.165) is 13.0 Å². The molecule has 0 fully saturated rings. The Morgan fingerprint density at radius 3 is 2.60 bits per heavy atom. The quantitative estimate of drug-likeness (QED) is 0.594. The molecule has 0 spiro atoms. The molecule has 0 aliphatic carbocycles. The highest BCUT2D eigenvalue weighted by molar-refractivity contribution is 7.89. The van der Waals surface area contributed by atoms with E-state index < -0.39 is 16.1 Å². The normalized spacial score (nSPS) is 13.8. The van der Waals surface area contributed by atoms with Crippen molar-refractivity contribution in [3.05, 3.63) is 17.9 Å². The Labute approximate surface area is 120 Å². The van der Waals surface area contributed by atoms with E-state index in [1.54, 1.807) is 6.07 Å². The van der Waals surface area contributed by atoms with Crippen molar-refractivity contribution in [2.24, 2.45) is 5.92 Å². The zero-order valence-corrected chi connectivity index (χ0v) is 13.0. The summed E-state index contributed by atoms with van der Waals surface area (Å²) in [7, 11) is -3.73. The Kier molecular flexibility index (Phi) is 6.67. The summed E-state index contributed by atoms with van der Waals surface area (Å²) < 4.78 is 32.0. The lowest BCUT2D eigenvalue weighted by Crippen LogP contribution is -2.40. The molecule has 0 radical (unpaired) electrons. The van der Waals surface area contributed by atoms with Gasteiger partial charge in [-0.05, 0) is 31.0 Å². The molecule has 6 nitrogen and oxygen atoms in total. The van der Waals surface area contributed by atoms with E-state index >= 15 is 0 Å². The summed E-state index contributed by atoms with van der Waals surface area (Å²) in [5.41, 5.74) is 0. The van der Waals surface area contributed by atoms with Crippen LogP contribution in [0.3, 0.4) is 0 Å². The average molecular weight is 304 g/mol. The third kappa shape index (κ3) is 4.90. The number of nitrogens with one attached hydrogen (secondary N) is 2. The summed E-state index contributed by atoms with van der Waals surface area (Å²) in [6, 6.07) is 2.55. The van der Waals surface area contributed by atoms with Crippen LogP contribution in [-0.2, 0) is 16.6 Å². The fraction of sp³-hybridized carbons (Fsp3) is 0.692. The number of hydrogen-bond donors (Lipinski definition) is 3. The summed E-state index contributed by atoms with van der Waals surface area (Å²) in [6.45, 7) is 6.83. The minimum Gasteiger partial charge on any atom is -0.447 e. The van der Waals surface area contributed by atoms with Gasteiger partial charge in [-0.3, -0.25) is 0 Å². The van der Waals surface area contributed by atoms with Crippen LogP contribution in [0.4, 0.5) is 0 Å². The van der Waals surface area contributed by atoms with Crippen LogP contribution >= 0.6 is 0 Å². The second-order valence-corrected chi connectivity index (χ2v) is 6.70. The van der Waals surface area contributed by atoms with Gasteiger partial charge in [0, 0.05) is 6.04 Å². The number of rotatable bonds is 9. The molecule has 116 valence electrons. The molecule has 0 aliphatic rings. The van der Waals surface area contributed by atoms with Crippen molar-refractivity contribution in [2.75, 3.05) is 13.2 Å². The van der Waals surface area contributed by atoms with Crippen molar-refractivity contribution in [3.8, 4) is 0 Å². The summed E-state index contributed by atoms with van der Waals surface area (Å²) in [6.07, 6.45) is 1.000. The van der Waals surface area contributed by atoms with Crippen molar-refractivity contribution in [2.45, 2.75) is 44.9 Å². The van der Waals surface area contributed by atoms with E-state index in [9.17, 15) is 13.5 Å². The van der Waals surface area contributed by atoms with Crippen molar-refractivity contribution in [1.29, 1.82) is 0 Å². The van der Waals surface area contributed by atoms with Crippen LogP contribution in [0.5, 0.6) is 0 Å². The molecule has 0 aromatic carbocycles. The first kappa shape index (κ1) is 17.2. The van der Waals surface area contributed by atoms with Crippen molar-refractivity contribution >= 4 is 10.0 Å². The highest BCUT2D eigenvalue weighted by Gasteiger charge is 2.24. The zero-order chi connectivity index (χ0) is 15.2. The van der Waals surface area contributed by atoms with Gasteiger partial charge in [-0.2, -0.15) is 0 Å². The SMILES string of the molecule is CCCNCc1ccc(S(=O)(=O)N[C@H](CO)C(C)C)o1. The van der Waals surface area contributed by atoms with E-state index in [2.05, 4.69) is 17.0 Å². The Morgan fingerprint density at radius 1 is 1.35 bits per heavy atom. The Hall–Kier alpha value is -0.890. The first-order valence-corrected chi connectivity index (χ1v) is 8.31. The standard InChI is InChI=1S/C13H24N2O4S/c1-4-7-14-8-11-5-6-13(19-11)20(17,18)15-12(9-16)10(2)3/h5-6,10,12,14-16H,4,7-9H2,1-3H3/t12-/m1/s1. The third-order valence-electron chi connectivity index (χ3n) is 2.94. The van der Waals surface area contributed by atoms with Gasteiger partial charge in [-0.25, -0.2) is 13.1 Å². The Balaban J connectivity index is 2.72. The second-order valence-electron chi connectivity index (χ2n) is 5.05. The minimum absolute atomic E-state index is 0.00423. The monoisotopic (exact) mass is 304 g/mol. The summed E-state index contributed by atoms with van der Waals surface area (Å²) in [5.74, 6) is 0.569. The summed E-state index contributed by atoms with van der Waals surface area (Å²) >= 11 is 0. The molecule has 0 amide bonds. The van der Waals surface area contributed by atoms with E-state index in [0.29, 0.717) is 12.3 Å². The van der Waals surface area contributed by atoms with Gasteiger partial charge in [0.1, 0.15) is 5.76 Å². The van der Waals surface area contributed by atoms with Gasteiger partial charge in [0.05, 0.1) is 13.2 Å². The Morgan fingerprint density at radius 2 is 2.05 bits per heavy atom. The van der Waals surface area contributed by atoms with Crippen LogP contribution in [0.1, 0.15) is 33.0 Å². The molecule has 0 saturated heterocycles. The molecule has 0 aliphatic heterocycles. The highest BCUT2D eigenvalue weighted by Crippen LogP contribution is 2.15. The maximum absolute atomic E-state index is 12.1. The van der Waals surface area contributed by atoms with E-state index in [1.165, 1.54) is 6.07 Å². The zero-order valence-electron chi connectivity index (χ0n) is 12.2. The molecule has 1 heterocycles. The molecule has 0 unspecified atom stereocenters. The molecule has 0 saturated carbocycles. The molecule has 1 atom stereocenters. The largest absolute Gasteiger partial charge is 0.447 e. The molecule has 1 aromatic heterocycles. The summed E-state index contributed by atoms with van der Waals surface area (Å²) in [4.78, 5) is 0. The van der Waals surface area contributed by atoms with Crippen LogP contribution in [-0.4, -0.2) is 32.7 Å². The maximum Gasteiger partial charge on any atom is 0.274 e.